The second kappa shape index (κ2) is 10.9. The molecule has 2 aromatic carbocycles. The zero-order chi connectivity index (χ0) is 25.0. The number of nitrogens with one attached hydrogen (secondary N) is 2. The van der Waals surface area contributed by atoms with Crippen molar-refractivity contribution in [3.63, 3.8) is 0 Å². The van der Waals surface area contributed by atoms with E-state index in [-0.39, 0.29) is 11.9 Å². The van der Waals surface area contributed by atoms with Gasteiger partial charge in [-0.2, -0.15) is 0 Å². The molecule has 37 heavy (non-hydrogen) atoms. The summed E-state index contributed by atoms with van der Waals surface area (Å²) in [6.45, 7) is 5.51. The molecule has 3 aliphatic heterocycles. The molecule has 6 bridgehead atoms. The van der Waals surface area contributed by atoms with Crippen molar-refractivity contribution < 1.29 is 9.53 Å². The molecule has 2 fully saturated rings. The van der Waals surface area contributed by atoms with Gasteiger partial charge in [0.2, 0.25) is 11.9 Å². The number of rotatable bonds is 1. The number of hydrogen-bond donors (Lipinski definition) is 2. The summed E-state index contributed by atoms with van der Waals surface area (Å²) in [6, 6.07) is 16.8. The van der Waals surface area contributed by atoms with Crippen molar-refractivity contribution in [2.24, 2.45) is 0 Å². The van der Waals surface area contributed by atoms with Gasteiger partial charge in [-0.15, -0.1) is 0 Å². The number of hydrogen-bond acceptors (Lipinski definition) is 7. The van der Waals surface area contributed by atoms with Crippen molar-refractivity contribution in [3.05, 3.63) is 65.9 Å². The minimum atomic E-state index is -0.0495. The lowest BCUT2D eigenvalue weighted by Gasteiger charge is -2.31. The predicted octanol–water partition coefficient (Wildman–Crippen LogP) is 3.75. The van der Waals surface area contributed by atoms with Crippen molar-refractivity contribution >= 4 is 23.2 Å². The molecule has 1 aromatic heterocycles. The maximum atomic E-state index is 13.3. The molecule has 6 rings (SSSR count). The molecule has 1 amide bonds. The third-order valence-electron chi connectivity index (χ3n) is 7.60. The number of anilines is 3. The van der Waals surface area contributed by atoms with Crippen molar-refractivity contribution in [2.75, 3.05) is 49.6 Å². The summed E-state index contributed by atoms with van der Waals surface area (Å²) in [5, 5.41) is 6.65. The summed E-state index contributed by atoms with van der Waals surface area (Å²) < 4.78 is 5.57. The topological polar surface area (TPSA) is 82.6 Å². The smallest absolute Gasteiger partial charge is 0.237 e. The van der Waals surface area contributed by atoms with Gasteiger partial charge in [0.1, 0.15) is 0 Å². The monoisotopic (exact) mass is 498 g/mol. The van der Waals surface area contributed by atoms with Crippen LogP contribution >= 0.6 is 0 Å². The number of fused-ring (bicyclic) bond motifs is 8. The SMILES string of the molecule is O=C1NCc2cc(ccc2N2CCOCC2)Nc2nccc(n2)-c2cccc(c2)CCCN2CCC[C@@H]12. The Bertz CT molecular complexity index is 1260. The van der Waals surface area contributed by atoms with Crippen LogP contribution in [-0.2, 0) is 22.5 Å². The molecule has 8 nitrogen and oxygen atoms in total. The van der Waals surface area contributed by atoms with Crippen molar-refractivity contribution in [2.45, 2.75) is 38.3 Å². The Labute approximate surface area is 218 Å². The van der Waals surface area contributed by atoms with Crippen molar-refractivity contribution in [1.82, 2.24) is 20.2 Å². The molecule has 0 aliphatic carbocycles. The van der Waals surface area contributed by atoms with E-state index in [1.54, 1.807) is 6.20 Å². The zero-order valence-corrected chi connectivity index (χ0v) is 21.2. The highest BCUT2D eigenvalue weighted by atomic mass is 16.5. The van der Waals surface area contributed by atoms with Gasteiger partial charge >= 0.3 is 0 Å². The van der Waals surface area contributed by atoms with Crippen LogP contribution in [-0.4, -0.2) is 66.2 Å². The van der Waals surface area contributed by atoms with Crippen LogP contribution in [0, 0.1) is 0 Å². The van der Waals surface area contributed by atoms with Gasteiger partial charge in [-0.25, -0.2) is 9.97 Å². The number of amides is 1. The first-order valence-corrected chi connectivity index (χ1v) is 13.4. The van der Waals surface area contributed by atoms with E-state index in [2.05, 4.69) is 67.9 Å². The van der Waals surface area contributed by atoms with Crippen LogP contribution < -0.4 is 15.5 Å². The Morgan fingerprint density at radius 2 is 1.86 bits per heavy atom. The van der Waals surface area contributed by atoms with Crippen LogP contribution in [0.5, 0.6) is 0 Å². The molecular weight excluding hydrogens is 464 g/mol. The highest BCUT2D eigenvalue weighted by Gasteiger charge is 2.30. The van der Waals surface area contributed by atoms with Gasteiger partial charge in [-0.1, -0.05) is 18.2 Å². The van der Waals surface area contributed by atoms with Crippen molar-refractivity contribution in [1.29, 1.82) is 0 Å². The summed E-state index contributed by atoms with van der Waals surface area (Å²) in [5.74, 6) is 0.683. The number of carbonyl (C=O) groups excluding carboxylic acids is 1. The molecule has 2 N–H and O–H groups in total. The third kappa shape index (κ3) is 5.45. The normalized spacial score (nSPS) is 20.8. The number of morpholine rings is 1. The van der Waals surface area contributed by atoms with E-state index >= 15 is 0 Å². The summed E-state index contributed by atoms with van der Waals surface area (Å²) in [7, 11) is 0. The fourth-order valence-corrected chi connectivity index (χ4v) is 5.69. The average molecular weight is 499 g/mol. The minimum Gasteiger partial charge on any atom is -0.378 e. The molecule has 0 unspecified atom stereocenters. The quantitative estimate of drug-likeness (QED) is 0.529. The molecule has 0 saturated carbocycles. The van der Waals surface area contributed by atoms with E-state index in [4.69, 9.17) is 9.72 Å². The van der Waals surface area contributed by atoms with Crippen LogP contribution in [0.15, 0.2) is 54.7 Å². The fraction of sp³-hybridized carbons (Fsp3) is 0.414. The average Bonchev–Trinajstić information content (AvgIpc) is 3.41. The Hall–Kier alpha value is -3.49. The third-order valence-corrected chi connectivity index (χ3v) is 7.60. The number of carbonyl (C=O) groups is 1. The first-order valence-electron chi connectivity index (χ1n) is 13.4. The van der Waals surface area contributed by atoms with Crippen molar-refractivity contribution in [3.8, 4) is 11.3 Å². The second-order valence-electron chi connectivity index (χ2n) is 10.0. The standard InChI is InChI=1S/C29H34N6O2/c36-28-27-7-3-13-34(27)12-2-5-21-4-1-6-22(18-21)25-10-11-30-29(33-25)32-24-8-9-26(23(19-24)20-31-28)35-14-16-37-17-15-35/h1,4,6,8-11,18-19,27H,2-3,5,7,12-17,20H2,(H,31,36)(H,30,32,33)/t27-/m0/s1. The summed E-state index contributed by atoms with van der Waals surface area (Å²) in [6.07, 6.45) is 5.79. The summed E-state index contributed by atoms with van der Waals surface area (Å²) in [5.41, 5.74) is 6.39. The Balaban J connectivity index is 1.35. The van der Waals surface area contributed by atoms with Crippen LogP contribution in [0.25, 0.3) is 11.3 Å². The van der Waals surface area contributed by atoms with Gasteiger partial charge in [-0.05, 0) is 80.2 Å². The van der Waals surface area contributed by atoms with Crippen LogP contribution in [0.4, 0.5) is 17.3 Å². The highest BCUT2D eigenvalue weighted by Crippen LogP contribution is 2.28. The van der Waals surface area contributed by atoms with Gasteiger partial charge in [0.15, 0.2) is 0 Å². The van der Waals surface area contributed by atoms with E-state index in [9.17, 15) is 4.79 Å². The van der Waals surface area contributed by atoms with Crippen LogP contribution in [0.1, 0.15) is 30.4 Å². The van der Waals surface area contributed by atoms with Gasteiger partial charge in [0, 0.05) is 42.8 Å². The molecule has 3 aromatic rings. The number of aromatic nitrogens is 2. The molecule has 0 radical (unpaired) electrons. The largest absolute Gasteiger partial charge is 0.378 e. The van der Waals surface area contributed by atoms with Gasteiger partial charge in [0.25, 0.3) is 0 Å². The molecule has 8 heteroatoms. The first kappa shape index (κ1) is 23.9. The van der Waals surface area contributed by atoms with E-state index in [1.165, 1.54) is 5.56 Å². The second-order valence-corrected chi connectivity index (χ2v) is 10.0. The lowest BCUT2D eigenvalue weighted by atomic mass is 10.0. The van der Waals surface area contributed by atoms with Crippen LogP contribution in [0.2, 0.25) is 0 Å². The molecular formula is C29H34N6O2. The van der Waals surface area contributed by atoms with Gasteiger partial charge in [0.05, 0.1) is 24.9 Å². The molecule has 1 atom stereocenters. The lowest BCUT2D eigenvalue weighted by Crippen LogP contribution is -2.43. The van der Waals surface area contributed by atoms with Gasteiger partial charge < -0.3 is 20.3 Å². The Morgan fingerprint density at radius 1 is 0.973 bits per heavy atom. The molecule has 2 saturated heterocycles. The molecule has 192 valence electrons. The van der Waals surface area contributed by atoms with Gasteiger partial charge in [-0.3, -0.25) is 9.69 Å². The van der Waals surface area contributed by atoms with E-state index in [1.807, 2.05) is 6.07 Å². The maximum absolute atomic E-state index is 13.3. The minimum absolute atomic E-state index is 0.0495. The summed E-state index contributed by atoms with van der Waals surface area (Å²) in [4.78, 5) is 27.3. The molecule has 0 spiro atoms. The Kier molecular flexibility index (Phi) is 7.01. The summed E-state index contributed by atoms with van der Waals surface area (Å²) >= 11 is 0. The zero-order valence-electron chi connectivity index (χ0n) is 21.2. The van der Waals surface area contributed by atoms with E-state index < -0.39 is 0 Å². The van der Waals surface area contributed by atoms with Crippen LogP contribution in [0.3, 0.4) is 0 Å². The number of aryl methyl sites for hydroxylation is 1. The van der Waals surface area contributed by atoms with E-state index in [0.29, 0.717) is 25.7 Å². The van der Waals surface area contributed by atoms with E-state index in [0.717, 1.165) is 80.1 Å². The fourth-order valence-electron chi connectivity index (χ4n) is 5.69. The number of nitrogens with zero attached hydrogens (tertiary/aromatic N) is 4. The highest BCUT2D eigenvalue weighted by molar-refractivity contribution is 5.82. The Morgan fingerprint density at radius 3 is 2.78 bits per heavy atom. The maximum Gasteiger partial charge on any atom is 0.237 e. The number of ether oxygens (including phenoxy) is 1. The number of benzene rings is 2. The first-order chi connectivity index (χ1) is 18.2. The predicted molar refractivity (Wildman–Crippen MR) is 145 cm³/mol. The lowest BCUT2D eigenvalue weighted by molar-refractivity contribution is -0.125. The molecule has 4 heterocycles. The molecule has 3 aliphatic rings.